The van der Waals surface area contributed by atoms with E-state index in [1.54, 1.807) is 18.1 Å². The van der Waals surface area contributed by atoms with Crippen LogP contribution in [-0.2, 0) is 9.53 Å². The molecule has 0 unspecified atom stereocenters. The van der Waals surface area contributed by atoms with E-state index in [1.165, 1.54) is 0 Å². The second kappa shape index (κ2) is 17.0. The van der Waals surface area contributed by atoms with Crippen molar-refractivity contribution in [2.24, 2.45) is 23.0 Å². The summed E-state index contributed by atoms with van der Waals surface area (Å²) >= 11 is 0. The minimum atomic E-state index is -0.818. The fraction of sp³-hybridized carbons (Fsp3) is 0.724. The number of halogens is 1. The van der Waals surface area contributed by atoms with Crippen molar-refractivity contribution in [2.75, 3.05) is 40.0 Å². The van der Waals surface area contributed by atoms with Crippen LogP contribution in [0.2, 0.25) is 0 Å². The van der Waals surface area contributed by atoms with Gasteiger partial charge in [0.2, 0.25) is 5.91 Å². The molecule has 38 heavy (non-hydrogen) atoms. The number of amides is 2. The van der Waals surface area contributed by atoms with Crippen LogP contribution in [0.25, 0.3) is 0 Å². The number of rotatable bonds is 15. The first-order valence-corrected chi connectivity index (χ1v) is 13.8. The van der Waals surface area contributed by atoms with Crippen LogP contribution in [0.4, 0.5) is 0 Å². The Kier molecular flexibility index (Phi) is 15.2. The minimum absolute atomic E-state index is 0. The van der Waals surface area contributed by atoms with Gasteiger partial charge in [0.1, 0.15) is 5.75 Å². The Morgan fingerprint density at radius 2 is 1.87 bits per heavy atom. The van der Waals surface area contributed by atoms with Crippen LogP contribution in [-0.4, -0.2) is 73.9 Å². The molecule has 2 amide bonds. The minimum Gasteiger partial charge on any atom is -0.493 e. The number of benzene rings is 1. The second-order valence-electron chi connectivity index (χ2n) is 11.3. The number of hydrogen-bond donors (Lipinski definition) is 3. The second-order valence-corrected chi connectivity index (χ2v) is 11.3. The van der Waals surface area contributed by atoms with E-state index >= 15 is 0 Å². The molecule has 0 bridgehead atoms. The number of aliphatic hydroxyl groups excluding tert-OH is 1. The molecule has 3 atom stereocenters. The summed E-state index contributed by atoms with van der Waals surface area (Å²) in [6.07, 6.45) is 4.28. The van der Waals surface area contributed by atoms with E-state index in [2.05, 4.69) is 19.2 Å². The van der Waals surface area contributed by atoms with Crippen LogP contribution in [0.15, 0.2) is 24.3 Å². The lowest BCUT2D eigenvalue weighted by Crippen LogP contribution is -2.49. The normalized spacial score (nSPS) is 17.8. The number of likely N-dealkylation sites (tertiary alicyclic amines) is 1. The number of unbranched alkanes of at least 4 members (excludes halogenated alkanes) is 1. The topological polar surface area (TPSA) is 114 Å². The van der Waals surface area contributed by atoms with Crippen molar-refractivity contribution < 1.29 is 24.2 Å². The molecule has 0 aromatic heterocycles. The van der Waals surface area contributed by atoms with E-state index in [9.17, 15) is 14.7 Å². The highest BCUT2D eigenvalue weighted by Gasteiger charge is 2.35. The van der Waals surface area contributed by atoms with Gasteiger partial charge in [-0.3, -0.25) is 9.59 Å². The quantitative estimate of drug-likeness (QED) is 0.281. The predicted molar refractivity (Wildman–Crippen MR) is 154 cm³/mol. The van der Waals surface area contributed by atoms with Crippen molar-refractivity contribution in [3.8, 4) is 5.75 Å². The summed E-state index contributed by atoms with van der Waals surface area (Å²) < 4.78 is 10.9. The molecule has 2 rings (SSSR count). The summed E-state index contributed by atoms with van der Waals surface area (Å²) in [5.74, 6) is 0.792. The number of aliphatic hydroxyl groups is 1. The zero-order valence-electron chi connectivity index (χ0n) is 23.9. The van der Waals surface area contributed by atoms with Gasteiger partial charge in [-0.25, -0.2) is 0 Å². The first kappa shape index (κ1) is 34.2. The van der Waals surface area contributed by atoms with Gasteiger partial charge in [-0.05, 0) is 56.1 Å². The molecule has 218 valence electrons. The third-order valence-corrected chi connectivity index (χ3v) is 7.42. The van der Waals surface area contributed by atoms with Gasteiger partial charge in [-0.1, -0.05) is 46.2 Å². The SMILES string of the molecule is COCCCCOc1ccccc1C(=O)NC[C@@H](C[C@H](N)[C@@H](O)CN1CCCCC(C)(C)C1=O)C(C)C.Cl. The van der Waals surface area contributed by atoms with E-state index in [4.69, 9.17) is 15.2 Å². The van der Waals surface area contributed by atoms with Gasteiger partial charge < -0.3 is 30.5 Å². The third-order valence-electron chi connectivity index (χ3n) is 7.42. The summed E-state index contributed by atoms with van der Waals surface area (Å²) in [6.45, 7) is 10.7. The molecule has 1 aromatic rings. The molecular formula is C29H50ClN3O5. The van der Waals surface area contributed by atoms with Gasteiger partial charge in [0, 0.05) is 44.8 Å². The molecule has 1 aromatic carbocycles. The van der Waals surface area contributed by atoms with Crippen LogP contribution in [0, 0.1) is 17.3 Å². The lowest BCUT2D eigenvalue weighted by atomic mass is 9.86. The lowest BCUT2D eigenvalue weighted by molar-refractivity contribution is -0.141. The standard InChI is InChI=1S/C29H49N3O5.ClH/c1-21(2)22(18-24(30)25(33)20-32-15-9-8-14-29(3,4)28(32)35)19-31-27(34)23-12-6-7-13-26(23)37-17-11-10-16-36-5;/h6-7,12-13,21-22,24-25,33H,8-11,14-20,30H2,1-5H3,(H,31,34);1H/t22-,24+,25+;/m1./s1. The van der Waals surface area contributed by atoms with Crippen LogP contribution >= 0.6 is 12.4 Å². The molecule has 1 saturated heterocycles. The molecule has 0 radical (unpaired) electrons. The molecule has 1 heterocycles. The number of para-hydroxylation sites is 1. The highest BCUT2D eigenvalue weighted by atomic mass is 35.5. The largest absolute Gasteiger partial charge is 0.493 e. The van der Waals surface area contributed by atoms with Crippen LogP contribution in [0.3, 0.4) is 0 Å². The van der Waals surface area contributed by atoms with Gasteiger partial charge in [0.25, 0.3) is 5.91 Å². The van der Waals surface area contributed by atoms with Crippen molar-refractivity contribution in [1.29, 1.82) is 0 Å². The number of carbonyl (C=O) groups is 2. The Hall–Kier alpha value is -1.87. The Labute approximate surface area is 235 Å². The van der Waals surface area contributed by atoms with E-state index in [1.807, 2.05) is 32.0 Å². The van der Waals surface area contributed by atoms with Crippen LogP contribution in [0.1, 0.15) is 76.6 Å². The zero-order valence-corrected chi connectivity index (χ0v) is 24.7. The van der Waals surface area contributed by atoms with E-state index in [-0.39, 0.29) is 42.6 Å². The van der Waals surface area contributed by atoms with Crippen molar-refractivity contribution in [3.05, 3.63) is 29.8 Å². The Morgan fingerprint density at radius 3 is 2.55 bits per heavy atom. The molecule has 0 spiro atoms. The average Bonchev–Trinajstić information content (AvgIpc) is 2.99. The summed E-state index contributed by atoms with van der Waals surface area (Å²) in [7, 11) is 1.68. The van der Waals surface area contributed by atoms with Gasteiger partial charge >= 0.3 is 0 Å². The highest BCUT2D eigenvalue weighted by molar-refractivity contribution is 5.96. The van der Waals surface area contributed by atoms with Gasteiger partial charge in [0.15, 0.2) is 0 Å². The Balaban J connectivity index is 0.00000722. The first-order valence-electron chi connectivity index (χ1n) is 13.8. The Bertz CT molecular complexity index is 851. The summed E-state index contributed by atoms with van der Waals surface area (Å²) in [5, 5.41) is 13.9. The van der Waals surface area contributed by atoms with Crippen molar-refractivity contribution in [1.82, 2.24) is 10.2 Å². The highest BCUT2D eigenvalue weighted by Crippen LogP contribution is 2.30. The fourth-order valence-electron chi connectivity index (χ4n) is 4.77. The Morgan fingerprint density at radius 1 is 1.18 bits per heavy atom. The van der Waals surface area contributed by atoms with Gasteiger partial charge in [-0.2, -0.15) is 0 Å². The van der Waals surface area contributed by atoms with Gasteiger partial charge in [-0.15, -0.1) is 12.4 Å². The number of carbonyl (C=O) groups excluding carboxylic acids is 2. The molecular weight excluding hydrogens is 506 g/mol. The zero-order chi connectivity index (χ0) is 27.4. The number of nitrogens with zero attached hydrogens (tertiary/aromatic N) is 1. The molecule has 8 nitrogen and oxygen atoms in total. The third kappa shape index (κ3) is 10.7. The molecule has 1 aliphatic rings. The van der Waals surface area contributed by atoms with Crippen LogP contribution < -0.4 is 15.8 Å². The maximum atomic E-state index is 13.0. The molecule has 1 aliphatic heterocycles. The van der Waals surface area contributed by atoms with Crippen molar-refractivity contribution in [2.45, 2.75) is 78.4 Å². The first-order chi connectivity index (χ1) is 17.6. The summed E-state index contributed by atoms with van der Waals surface area (Å²) in [6, 6.07) is 6.76. The number of methoxy groups -OCH3 is 1. The van der Waals surface area contributed by atoms with Gasteiger partial charge in [0.05, 0.1) is 18.3 Å². The fourth-order valence-corrected chi connectivity index (χ4v) is 4.77. The molecule has 0 aliphatic carbocycles. The average molecular weight is 556 g/mol. The van der Waals surface area contributed by atoms with E-state index in [0.29, 0.717) is 44.0 Å². The molecule has 4 N–H and O–H groups in total. The van der Waals surface area contributed by atoms with Crippen molar-refractivity contribution >= 4 is 24.2 Å². The lowest BCUT2D eigenvalue weighted by Gasteiger charge is -2.33. The number of ether oxygens (including phenoxy) is 2. The van der Waals surface area contributed by atoms with E-state index < -0.39 is 17.6 Å². The number of nitrogens with two attached hydrogens (primary N) is 1. The smallest absolute Gasteiger partial charge is 0.255 e. The monoisotopic (exact) mass is 555 g/mol. The summed E-state index contributed by atoms with van der Waals surface area (Å²) in [5.41, 5.74) is 6.52. The van der Waals surface area contributed by atoms with Crippen LogP contribution in [0.5, 0.6) is 5.75 Å². The molecule has 1 fully saturated rings. The predicted octanol–water partition coefficient (Wildman–Crippen LogP) is 4.03. The summed E-state index contributed by atoms with van der Waals surface area (Å²) in [4.78, 5) is 27.7. The number of β-amino-alcohol motifs (C(OH)–C–C–N with tert-alkyl or cyclic N) is 1. The molecule has 9 heteroatoms. The maximum Gasteiger partial charge on any atom is 0.255 e. The van der Waals surface area contributed by atoms with E-state index in [0.717, 1.165) is 32.1 Å². The van der Waals surface area contributed by atoms with Crippen molar-refractivity contribution in [3.63, 3.8) is 0 Å². The number of nitrogens with one attached hydrogen (secondary N) is 1. The molecule has 0 saturated carbocycles. The maximum absolute atomic E-state index is 13.0. The number of hydrogen-bond acceptors (Lipinski definition) is 6.